The molecule has 1 heterocycles. The van der Waals surface area contributed by atoms with Gasteiger partial charge in [-0.15, -0.1) is 0 Å². The summed E-state index contributed by atoms with van der Waals surface area (Å²) in [6.45, 7) is 0. The Morgan fingerprint density at radius 2 is 2.00 bits per heavy atom. The number of aromatic nitrogens is 1. The Morgan fingerprint density at radius 1 is 1.46 bits per heavy atom. The summed E-state index contributed by atoms with van der Waals surface area (Å²) in [5, 5.41) is 0. The van der Waals surface area contributed by atoms with Gasteiger partial charge in [-0.05, 0) is 23.9 Å². The molecule has 0 amide bonds. The Kier molecular flexibility index (Phi) is 5.36. The predicted molar refractivity (Wildman–Crippen MR) is 42.4 cm³/mol. The monoisotopic (exact) mass is 213 g/mol. The molecule has 0 unspecified atom stereocenters. The van der Waals surface area contributed by atoms with Crippen LogP contribution in [0, 0.1) is 0 Å². The zero-order valence-electron chi connectivity index (χ0n) is 6.35. The maximum absolute atomic E-state index is 11.7. The molecule has 0 aliphatic carbocycles. The average molecular weight is 214 g/mol. The fraction of sp³-hybridized carbons (Fsp3) is 0.167. The summed E-state index contributed by atoms with van der Waals surface area (Å²) in [5.41, 5.74) is -0.713. The lowest BCUT2D eigenvalue weighted by molar-refractivity contribution is -0.137. The summed E-state index contributed by atoms with van der Waals surface area (Å²) in [6.07, 6.45) is -2.18. The lowest BCUT2D eigenvalue weighted by atomic mass is 10.3. The van der Waals surface area contributed by atoms with Gasteiger partial charge in [0.2, 0.25) is 0 Å². The minimum Gasteiger partial charge on any atom is -0.264 e. The average Bonchev–Trinajstić information content (AvgIpc) is 2.06. The summed E-state index contributed by atoms with van der Waals surface area (Å²) in [4.78, 5) is 5.05. The minimum absolute atomic E-state index is 0.713. The molecule has 0 aliphatic rings. The van der Waals surface area contributed by atoms with Crippen LogP contribution < -0.4 is 10.8 Å². The van der Waals surface area contributed by atoms with Crippen LogP contribution in [-0.2, 0) is 6.18 Å². The van der Waals surface area contributed by atoms with Crippen LogP contribution in [0.1, 0.15) is 5.56 Å². The van der Waals surface area contributed by atoms with E-state index in [0.29, 0.717) is 0 Å². The highest BCUT2D eigenvalue weighted by molar-refractivity contribution is 6.12. The van der Waals surface area contributed by atoms with Crippen LogP contribution in [0.15, 0.2) is 24.5 Å². The normalized spacial score (nSPS) is 10.2. The van der Waals surface area contributed by atoms with Crippen molar-refractivity contribution in [2.75, 3.05) is 0 Å². The molecule has 3 nitrogen and oxygen atoms in total. The van der Waals surface area contributed by atoms with Crippen molar-refractivity contribution in [3.63, 3.8) is 0 Å². The molecule has 1 aromatic rings. The van der Waals surface area contributed by atoms with Gasteiger partial charge in [0.25, 0.3) is 0 Å². The van der Waals surface area contributed by atoms with Crippen molar-refractivity contribution in [3.05, 3.63) is 30.1 Å². The summed E-state index contributed by atoms with van der Waals surface area (Å²) < 4.78 is 35.2. The number of hydrogen-bond donors (Lipinski definition) is 2. The van der Waals surface area contributed by atoms with E-state index in [0.717, 1.165) is 12.3 Å². The van der Waals surface area contributed by atoms with Gasteiger partial charge in [-0.2, -0.15) is 18.1 Å². The van der Waals surface area contributed by atoms with Crippen molar-refractivity contribution in [2.24, 2.45) is 5.84 Å². The van der Waals surface area contributed by atoms with Crippen LogP contribution in [0.4, 0.5) is 13.2 Å². The van der Waals surface area contributed by atoms with Crippen LogP contribution in [0.25, 0.3) is 0 Å². The summed E-state index contributed by atoms with van der Waals surface area (Å²) >= 11 is 4.53. The third-order valence-electron chi connectivity index (χ3n) is 0.989. The van der Waals surface area contributed by atoms with Crippen molar-refractivity contribution in [1.82, 2.24) is 9.93 Å². The number of rotatable bonds is 0. The van der Waals surface area contributed by atoms with Crippen molar-refractivity contribution >= 4 is 11.8 Å². The first-order valence-corrected chi connectivity index (χ1v) is 3.43. The quantitative estimate of drug-likeness (QED) is 0.392. The number of pyridine rings is 1. The van der Waals surface area contributed by atoms with Gasteiger partial charge in [0.15, 0.2) is 0 Å². The summed E-state index contributed by atoms with van der Waals surface area (Å²) in [7, 11) is 0. The van der Waals surface area contributed by atoms with Crippen molar-refractivity contribution < 1.29 is 13.2 Å². The number of nitrogens with zero attached hydrogens (tertiary/aromatic N) is 1. The predicted octanol–water partition coefficient (Wildman–Crippen LogP) is 1.70. The van der Waals surface area contributed by atoms with E-state index < -0.39 is 11.7 Å². The molecular weight excluding hydrogens is 207 g/mol. The molecule has 0 aliphatic heterocycles. The van der Waals surface area contributed by atoms with E-state index in [4.69, 9.17) is 0 Å². The first kappa shape index (κ1) is 12.2. The molecular formula is C6H7ClF3N3. The maximum atomic E-state index is 11.7. The second kappa shape index (κ2) is 5.74. The number of nitrogens with two attached hydrogens (primary N) is 1. The van der Waals surface area contributed by atoms with Gasteiger partial charge in [0.1, 0.15) is 0 Å². The fourth-order valence-electron chi connectivity index (χ4n) is 0.530. The Bertz CT molecular complexity index is 226. The fourth-order valence-corrected chi connectivity index (χ4v) is 0.530. The molecule has 0 aromatic carbocycles. The molecule has 0 fully saturated rings. The molecule has 0 bridgehead atoms. The Morgan fingerprint density at radius 3 is 2.23 bits per heavy atom. The van der Waals surface area contributed by atoms with Gasteiger partial charge in [0.05, 0.1) is 5.56 Å². The molecule has 7 heteroatoms. The van der Waals surface area contributed by atoms with Gasteiger partial charge < -0.3 is 0 Å². The lowest BCUT2D eigenvalue weighted by Crippen LogP contribution is -2.05. The van der Waals surface area contributed by atoms with Crippen LogP contribution in [0.5, 0.6) is 0 Å². The summed E-state index contributed by atoms with van der Waals surface area (Å²) in [5.74, 6) is 4.36. The maximum Gasteiger partial charge on any atom is 0.417 e. The van der Waals surface area contributed by atoms with Crippen molar-refractivity contribution in [2.45, 2.75) is 6.18 Å². The molecule has 0 saturated carbocycles. The van der Waals surface area contributed by atoms with Gasteiger partial charge >= 0.3 is 6.18 Å². The van der Waals surface area contributed by atoms with E-state index >= 15 is 0 Å². The van der Waals surface area contributed by atoms with Crippen LogP contribution >= 0.6 is 11.8 Å². The van der Waals surface area contributed by atoms with Gasteiger partial charge in [-0.1, -0.05) is 0 Å². The second-order valence-electron chi connectivity index (χ2n) is 1.85. The van der Waals surface area contributed by atoms with E-state index in [9.17, 15) is 13.2 Å². The number of nitrogens with one attached hydrogen (secondary N) is 1. The molecule has 0 atom stereocenters. The molecule has 1 rings (SSSR count). The lowest BCUT2D eigenvalue weighted by Gasteiger charge is -2.03. The van der Waals surface area contributed by atoms with E-state index in [1.165, 1.54) is 12.3 Å². The first-order valence-electron chi connectivity index (χ1n) is 3.06. The number of hydrogen-bond acceptors (Lipinski definition) is 3. The highest BCUT2D eigenvalue weighted by Crippen LogP contribution is 2.27. The van der Waals surface area contributed by atoms with Gasteiger partial charge in [-0.25, -0.2) is 0 Å². The van der Waals surface area contributed by atoms with E-state index in [2.05, 4.69) is 22.6 Å². The van der Waals surface area contributed by atoms with E-state index in [1.807, 2.05) is 0 Å². The highest BCUT2D eigenvalue weighted by atomic mass is 35.5. The third kappa shape index (κ3) is 5.40. The number of alkyl halides is 3. The molecule has 0 spiro atoms. The minimum atomic E-state index is -4.27. The molecule has 0 saturated heterocycles. The SMILES string of the molecule is FC(F)(F)c1cccnc1.NNCl. The zero-order valence-corrected chi connectivity index (χ0v) is 7.10. The number of hydrazine groups is 1. The molecule has 13 heavy (non-hydrogen) atoms. The highest BCUT2D eigenvalue weighted by Gasteiger charge is 2.30. The topological polar surface area (TPSA) is 50.9 Å². The first-order chi connectivity index (χ1) is 6.02. The standard InChI is InChI=1S/C6H4F3N.ClH3N2/c7-6(8,9)5-2-1-3-10-4-5;1-3-2/h1-4H;3H,2H2. The molecule has 3 N–H and O–H groups in total. The third-order valence-corrected chi connectivity index (χ3v) is 0.989. The Hall–Kier alpha value is -0.850. The zero-order chi connectivity index (χ0) is 10.3. The molecule has 1 aromatic heterocycles. The Balaban J connectivity index is 0.000000424. The van der Waals surface area contributed by atoms with Crippen LogP contribution in [0.3, 0.4) is 0 Å². The smallest absolute Gasteiger partial charge is 0.264 e. The van der Waals surface area contributed by atoms with Crippen LogP contribution in [0.2, 0.25) is 0 Å². The van der Waals surface area contributed by atoms with E-state index in [-0.39, 0.29) is 0 Å². The van der Waals surface area contributed by atoms with Crippen molar-refractivity contribution in [3.8, 4) is 0 Å². The summed E-state index contributed by atoms with van der Waals surface area (Å²) in [6, 6.07) is 2.23. The van der Waals surface area contributed by atoms with Crippen molar-refractivity contribution in [1.29, 1.82) is 0 Å². The van der Waals surface area contributed by atoms with E-state index in [1.54, 1.807) is 4.94 Å². The molecule has 74 valence electrons. The number of halogens is 4. The van der Waals surface area contributed by atoms with Gasteiger partial charge in [0, 0.05) is 12.4 Å². The molecule has 0 radical (unpaired) electrons. The Labute approximate surface area is 77.8 Å². The second-order valence-corrected chi connectivity index (χ2v) is 2.07. The van der Waals surface area contributed by atoms with Gasteiger partial charge in [-0.3, -0.25) is 10.8 Å². The largest absolute Gasteiger partial charge is 0.417 e. The van der Waals surface area contributed by atoms with Crippen LogP contribution in [-0.4, -0.2) is 4.98 Å².